The van der Waals surface area contributed by atoms with E-state index in [1.165, 1.54) is 0 Å². The molecule has 1 rings (SSSR count). The van der Waals surface area contributed by atoms with Crippen molar-refractivity contribution in [3.63, 3.8) is 0 Å². The molecule has 0 saturated heterocycles. The molecule has 1 amide bonds. The second-order valence-electron chi connectivity index (χ2n) is 5.25. The Morgan fingerprint density at radius 1 is 1.33 bits per heavy atom. The Morgan fingerprint density at radius 3 is 2.57 bits per heavy atom. The number of aromatic nitrogens is 2. The number of nitrogens with one attached hydrogen (secondary N) is 2. The van der Waals surface area contributed by atoms with Gasteiger partial charge in [-0.05, 0) is 13.3 Å². The van der Waals surface area contributed by atoms with E-state index in [0.717, 1.165) is 37.0 Å². The summed E-state index contributed by atoms with van der Waals surface area (Å²) in [5, 5.41) is 5.89. The summed E-state index contributed by atoms with van der Waals surface area (Å²) in [6.45, 7) is 10.2. The molecule has 0 fully saturated rings. The van der Waals surface area contributed by atoms with Crippen LogP contribution in [0.25, 0.3) is 0 Å². The number of hydrogen-bond donors (Lipinski definition) is 2. The summed E-state index contributed by atoms with van der Waals surface area (Å²) in [4.78, 5) is 22.8. The minimum absolute atomic E-state index is 0.0156. The fourth-order valence-corrected chi connectivity index (χ4v) is 1.94. The van der Waals surface area contributed by atoms with Gasteiger partial charge in [-0.1, -0.05) is 20.8 Å². The highest BCUT2D eigenvalue weighted by Crippen LogP contribution is 2.20. The molecule has 0 aliphatic carbocycles. The van der Waals surface area contributed by atoms with E-state index in [2.05, 4.69) is 41.4 Å². The Balaban J connectivity index is 3.12. The summed E-state index contributed by atoms with van der Waals surface area (Å²) in [5.74, 6) is 2.63. The highest BCUT2D eigenvalue weighted by molar-refractivity contribution is 5.80. The second kappa shape index (κ2) is 8.44. The highest BCUT2D eigenvalue weighted by Gasteiger charge is 2.15. The number of likely N-dealkylation sites (N-methyl/N-ethyl adjacent to an activating group) is 1. The standard InChI is InChI=1S/C15H27N5O/c1-6-8-20(10-14(21)16-5)13-9-12(17-7-2)18-15(19-13)11(3)4/h9,11H,6-8,10H2,1-5H3,(H,16,21)(H,17,18,19). The molecule has 0 saturated carbocycles. The summed E-state index contributed by atoms with van der Waals surface area (Å²) in [6, 6.07) is 1.91. The molecule has 1 aromatic heterocycles. The monoisotopic (exact) mass is 293 g/mol. The lowest BCUT2D eigenvalue weighted by atomic mass is 10.2. The van der Waals surface area contributed by atoms with Gasteiger partial charge in [-0.3, -0.25) is 4.79 Å². The zero-order chi connectivity index (χ0) is 15.8. The number of amides is 1. The predicted molar refractivity (Wildman–Crippen MR) is 86.9 cm³/mol. The Morgan fingerprint density at radius 2 is 2.05 bits per heavy atom. The summed E-state index contributed by atoms with van der Waals surface area (Å²) < 4.78 is 0. The van der Waals surface area contributed by atoms with Gasteiger partial charge in [0.15, 0.2) is 0 Å². The molecular weight excluding hydrogens is 266 g/mol. The van der Waals surface area contributed by atoms with Crippen LogP contribution in [0.2, 0.25) is 0 Å². The molecule has 0 bridgehead atoms. The number of anilines is 2. The zero-order valence-corrected chi connectivity index (χ0v) is 13.7. The number of nitrogens with zero attached hydrogens (tertiary/aromatic N) is 3. The first kappa shape index (κ1) is 17.2. The first-order valence-corrected chi connectivity index (χ1v) is 7.60. The van der Waals surface area contributed by atoms with Gasteiger partial charge in [0, 0.05) is 32.1 Å². The van der Waals surface area contributed by atoms with Gasteiger partial charge in [0.2, 0.25) is 5.91 Å². The van der Waals surface area contributed by atoms with Crippen molar-refractivity contribution in [2.24, 2.45) is 0 Å². The van der Waals surface area contributed by atoms with Gasteiger partial charge in [0.05, 0.1) is 6.54 Å². The van der Waals surface area contributed by atoms with Crippen molar-refractivity contribution in [1.82, 2.24) is 15.3 Å². The summed E-state index contributed by atoms with van der Waals surface area (Å²) in [7, 11) is 1.65. The van der Waals surface area contributed by atoms with Crippen molar-refractivity contribution >= 4 is 17.5 Å². The normalized spacial score (nSPS) is 10.6. The zero-order valence-electron chi connectivity index (χ0n) is 13.7. The molecule has 2 N–H and O–H groups in total. The maximum absolute atomic E-state index is 11.7. The van der Waals surface area contributed by atoms with Crippen molar-refractivity contribution in [2.75, 3.05) is 36.9 Å². The van der Waals surface area contributed by atoms with E-state index in [0.29, 0.717) is 6.54 Å². The topological polar surface area (TPSA) is 70.2 Å². The van der Waals surface area contributed by atoms with E-state index in [1.807, 2.05) is 17.9 Å². The molecule has 21 heavy (non-hydrogen) atoms. The molecule has 0 aliphatic heterocycles. The van der Waals surface area contributed by atoms with Crippen molar-refractivity contribution in [3.8, 4) is 0 Å². The molecule has 1 heterocycles. The molecule has 6 nitrogen and oxygen atoms in total. The molecule has 0 aromatic carbocycles. The predicted octanol–water partition coefficient (Wildman–Crippen LogP) is 1.99. The van der Waals surface area contributed by atoms with Crippen LogP contribution in [0.1, 0.15) is 45.9 Å². The summed E-state index contributed by atoms with van der Waals surface area (Å²) >= 11 is 0. The maximum Gasteiger partial charge on any atom is 0.239 e. The molecule has 0 radical (unpaired) electrons. The van der Waals surface area contributed by atoms with Crippen molar-refractivity contribution < 1.29 is 4.79 Å². The first-order valence-electron chi connectivity index (χ1n) is 7.60. The van der Waals surface area contributed by atoms with Crippen molar-refractivity contribution in [2.45, 2.75) is 40.0 Å². The molecule has 6 heteroatoms. The van der Waals surface area contributed by atoms with Crippen LogP contribution in [-0.4, -0.2) is 42.6 Å². The summed E-state index contributed by atoms with van der Waals surface area (Å²) in [6.07, 6.45) is 0.953. The number of rotatable bonds is 8. The van der Waals surface area contributed by atoms with Crippen molar-refractivity contribution in [3.05, 3.63) is 11.9 Å². The molecule has 1 aromatic rings. The smallest absolute Gasteiger partial charge is 0.239 e. The fraction of sp³-hybridized carbons (Fsp3) is 0.667. The lowest BCUT2D eigenvalue weighted by Crippen LogP contribution is -2.36. The molecule has 0 aliphatic rings. The fourth-order valence-electron chi connectivity index (χ4n) is 1.94. The van der Waals surface area contributed by atoms with Crippen LogP contribution in [0.3, 0.4) is 0 Å². The van der Waals surface area contributed by atoms with E-state index < -0.39 is 0 Å². The second-order valence-corrected chi connectivity index (χ2v) is 5.25. The van der Waals surface area contributed by atoms with Gasteiger partial charge >= 0.3 is 0 Å². The Labute approximate surface area is 127 Å². The van der Waals surface area contributed by atoms with E-state index >= 15 is 0 Å². The number of carbonyl (C=O) groups is 1. The van der Waals surface area contributed by atoms with Gasteiger partial charge in [-0.2, -0.15) is 0 Å². The minimum Gasteiger partial charge on any atom is -0.370 e. The van der Waals surface area contributed by atoms with E-state index in [4.69, 9.17) is 0 Å². The van der Waals surface area contributed by atoms with Gasteiger partial charge in [-0.25, -0.2) is 9.97 Å². The Kier molecular flexibility index (Phi) is 6.91. The highest BCUT2D eigenvalue weighted by atomic mass is 16.1. The van der Waals surface area contributed by atoms with Crippen LogP contribution in [0, 0.1) is 0 Å². The van der Waals surface area contributed by atoms with Crippen molar-refractivity contribution in [1.29, 1.82) is 0 Å². The van der Waals surface area contributed by atoms with E-state index in [1.54, 1.807) is 7.05 Å². The van der Waals surface area contributed by atoms with Crippen LogP contribution in [0.4, 0.5) is 11.6 Å². The Bertz CT molecular complexity index is 461. The minimum atomic E-state index is -0.0156. The molecule has 0 atom stereocenters. The van der Waals surface area contributed by atoms with E-state index in [9.17, 15) is 4.79 Å². The first-order chi connectivity index (χ1) is 10.0. The molecular formula is C15H27N5O. The third-order valence-corrected chi connectivity index (χ3v) is 3.04. The maximum atomic E-state index is 11.7. The van der Waals surface area contributed by atoms with Crippen LogP contribution < -0.4 is 15.5 Å². The largest absolute Gasteiger partial charge is 0.370 e. The van der Waals surface area contributed by atoms with Gasteiger partial charge in [0.1, 0.15) is 17.5 Å². The molecule has 0 unspecified atom stereocenters. The lowest BCUT2D eigenvalue weighted by molar-refractivity contribution is -0.119. The van der Waals surface area contributed by atoms with Gasteiger partial charge in [0.25, 0.3) is 0 Å². The third kappa shape index (κ3) is 5.21. The molecule has 0 spiro atoms. The van der Waals surface area contributed by atoms with Crippen LogP contribution in [-0.2, 0) is 4.79 Å². The van der Waals surface area contributed by atoms with Gasteiger partial charge < -0.3 is 15.5 Å². The number of hydrogen-bond acceptors (Lipinski definition) is 5. The molecule has 118 valence electrons. The van der Waals surface area contributed by atoms with Gasteiger partial charge in [-0.15, -0.1) is 0 Å². The average molecular weight is 293 g/mol. The Hall–Kier alpha value is -1.85. The average Bonchev–Trinajstić information content (AvgIpc) is 2.46. The third-order valence-electron chi connectivity index (χ3n) is 3.04. The summed E-state index contributed by atoms with van der Waals surface area (Å²) in [5.41, 5.74) is 0. The lowest BCUT2D eigenvalue weighted by Gasteiger charge is -2.23. The quantitative estimate of drug-likeness (QED) is 0.767. The number of carbonyl (C=O) groups excluding carboxylic acids is 1. The van der Waals surface area contributed by atoms with Crippen LogP contribution in [0.15, 0.2) is 6.07 Å². The van der Waals surface area contributed by atoms with Crippen LogP contribution in [0.5, 0.6) is 0 Å². The SMILES string of the molecule is CCCN(CC(=O)NC)c1cc(NCC)nc(C(C)C)n1. The van der Waals surface area contributed by atoms with Crippen LogP contribution >= 0.6 is 0 Å². The van der Waals surface area contributed by atoms with E-state index in [-0.39, 0.29) is 11.8 Å².